The highest BCUT2D eigenvalue weighted by molar-refractivity contribution is 5.76. The van der Waals surface area contributed by atoms with Gasteiger partial charge in [-0.1, -0.05) is 12.1 Å². The van der Waals surface area contributed by atoms with E-state index in [9.17, 15) is 9.18 Å². The quantitative estimate of drug-likeness (QED) is 0.653. The van der Waals surface area contributed by atoms with Crippen LogP contribution in [0.25, 0.3) is 11.3 Å². The minimum atomic E-state index is -0.365. The zero-order chi connectivity index (χ0) is 21.6. The molecular weight excluding hydrogens is 395 g/mol. The fourth-order valence-corrected chi connectivity index (χ4v) is 3.76. The Bertz CT molecular complexity index is 1080. The van der Waals surface area contributed by atoms with E-state index in [1.54, 1.807) is 18.2 Å². The van der Waals surface area contributed by atoms with E-state index in [4.69, 9.17) is 9.68 Å². The van der Waals surface area contributed by atoms with Crippen LogP contribution in [0.2, 0.25) is 0 Å². The Morgan fingerprint density at radius 3 is 2.65 bits per heavy atom. The van der Waals surface area contributed by atoms with Gasteiger partial charge in [0, 0.05) is 37.7 Å². The summed E-state index contributed by atoms with van der Waals surface area (Å²) in [5.41, 5.74) is 2.11. The third-order valence-electron chi connectivity index (χ3n) is 5.48. The number of hydrogen-bond acceptors (Lipinski definition) is 5. The van der Waals surface area contributed by atoms with Crippen LogP contribution < -0.4 is 10.2 Å². The number of aryl methyl sites for hydroxylation is 1. The van der Waals surface area contributed by atoms with Gasteiger partial charge in [0.1, 0.15) is 5.82 Å². The number of amides is 1. The number of carbonyl (C=O) groups excluding carboxylic acids is 1. The third kappa shape index (κ3) is 5.10. The molecule has 0 bridgehead atoms. The molecule has 31 heavy (non-hydrogen) atoms. The molecule has 6 nitrogen and oxygen atoms in total. The van der Waals surface area contributed by atoms with Crippen molar-refractivity contribution in [2.45, 2.75) is 31.7 Å². The van der Waals surface area contributed by atoms with Crippen molar-refractivity contribution >= 4 is 11.6 Å². The van der Waals surface area contributed by atoms with E-state index in [0.29, 0.717) is 29.2 Å². The first kappa shape index (κ1) is 20.6. The molecule has 1 amide bonds. The number of rotatable bonds is 6. The number of nitrogens with zero attached hydrogens (tertiary/aromatic N) is 3. The first-order valence-corrected chi connectivity index (χ1v) is 10.4. The van der Waals surface area contributed by atoms with Crippen LogP contribution in [-0.4, -0.2) is 30.0 Å². The van der Waals surface area contributed by atoms with Crippen LogP contribution in [0, 0.1) is 17.1 Å². The first-order chi connectivity index (χ1) is 15.1. The number of piperidine rings is 1. The zero-order valence-corrected chi connectivity index (χ0v) is 17.1. The Hall–Kier alpha value is -3.66. The second kappa shape index (κ2) is 9.43. The second-order valence-electron chi connectivity index (χ2n) is 7.59. The predicted molar refractivity (Wildman–Crippen MR) is 115 cm³/mol. The fourth-order valence-electron chi connectivity index (χ4n) is 3.76. The van der Waals surface area contributed by atoms with Gasteiger partial charge in [-0.05, 0) is 49.2 Å². The molecule has 1 aliphatic heterocycles. The first-order valence-electron chi connectivity index (χ1n) is 10.4. The van der Waals surface area contributed by atoms with Gasteiger partial charge in [-0.15, -0.1) is 0 Å². The van der Waals surface area contributed by atoms with Crippen LogP contribution in [-0.2, 0) is 11.2 Å². The molecule has 0 spiro atoms. The van der Waals surface area contributed by atoms with E-state index < -0.39 is 0 Å². The van der Waals surface area contributed by atoms with Crippen LogP contribution in [0.3, 0.4) is 0 Å². The average Bonchev–Trinajstić information content (AvgIpc) is 3.27. The summed E-state index contributed by atoms with van der Waals surface area (Å²) in [5.74, 6) is 0.380. The highest BCUT2D eigenvalue weighted by atomic mass is 19.1. The molecule has 0 saturated carbocycles. The Labute approximate surface area is 180 Å². The van der Waals surface area contributed by atoms with Gasteiger partial charge in [0.25, 0.3) is 0 Å². The minimum Gasteiger partial charge on any atom is -0.441 e. The molecule has 1 saturated heterocycles. The molecule has 1 aliphatic rings. The molecule has 0 radical (unpaired) electrons. The Morgan fingerprint density at radius 2 is 1.94 bits per heavy atom. The maximum Gasteiger partial charge on any atom is 0.220 e. The number of carbonyl (C=O) groups is 1. The molecule has 1 N–H and O–H groups in total. The molecule has 158 valence electrons. The summed E-state index contributed by atoms with van der Waals surface area (Å²) < 4.78 is 19.5. The SMILES string of the molecule is N#Cc1ccc(N2CCC(NC(=O)CCc3ncc(-c4ccccc4F)o3)CC2)cc1. The van der Waals surface area contributed by atoms with Gasteiger partial charge in [0.15, 0.2) is 11.7 Å². The molecule has 2 aromatic carbocycles. The summed E-state index contributed by atoms with van der Waals surface area (Å²) in [6.45, 7) is 1.70. The molecule has 1 fully saturated rings. The van der Waals surface area contributed by atoms with Crippen molar-refractivity contribution in [1.82, 2.24) is 10.3 Å². The van der Waals surface area contributed by atoms with Gasteiger partial charge >= 0.3 is 0 Å². The standard InChI is InChI=1S/C24H23FN4O2/c25-21-4-2-1-3-20(21)22-16-27-24(31-22)10-9-23(30)28-18-11-13-29(14-12-18)19-7-5-17(15-26)6-8-19/h1-8,16,18H,9-14H2,(H,28,30). The number of benzene rings is 2. The molecule has 7 heteroatoms. The third-order valence-corrected chi connectivity index (χ3v) is 5.48. The predicted octanol–water partition coefficient (Wildman–Crippen LogP) is 4.07. The smallest absolute Gasteiger partial charge is 0.220 e. The molecule has 1 aromatic heterocycles. The van der Waals surface area contributed by atoms with Gasteiger partial charge in [0.2, 0.25) is 5.91 Å². The lowest BCUT2D eigenvalue weighted by molar-refractivity contribution is -0.122. The highest BCUT2D eigenvalue weighted by Crippen LogP contribution is 2.24. The molecule has 0 unspecified atom stereocenters. The van der Waals surface area contributed by atoms with Gasteiger partial charge < -0.3 is 14.6 Å². The van der Waals surface area contributed by atoms with Crippen molar-refractivity contribution in [3.63, 3.8) is 0 Å². The Balaban J connectivity index is 1.23. The van der Waals surface area contributed by atoms with E-state index in [2.05, 4.69) is 21.3 Å². The number of nitrogens with one attached hydrogen (secondary N) is 1. The lowest BCUT2D eigenvalue weighted by atomic mass is 10.0. The van der Waals surface area contributed by atoms with Crippen LogP contribution in [0.15, 0.2) is 59.1 Å². The number of nitriles is 1. The minimum absolute atomic E-state index is 0.0394. The molecule has 4 rings (SSSR count). The topological polar surface area (TPSA) is 82.2 Å². The van der Waals surface area contributed by atoms with Gasteiger partial charge in [-0.3, -0.25) is 4.79 Å². The highest BCUT2D eigenvalue weighted by Gasteiger charge is 2.21. The average molecular weight is 418 g/mol. The lowest BCUT2D eigenvalue weighted by Gasteiger charge is -2.34. The Kier molecular flexibility index (Phi) is 6.27. The number of anilines is 1. The number of halogens is 1. The summed E-state index contributed by atoms with van der Waals surface area (Å²) >= 11 is 0. The summed E-state index contributed by atoms with van der Waals surface area (Å²) in [4.78, 5) is 18.8. The van der Waals surface area contributed by atoms with Crippen LogP contribution in [0.5, 0.6) is 0 Å². The summed E-state index contributed by atoms with van der Waals surface area (Å²) in [6.07, 6.45) is 3.85. The molecular formula is C24H23FN4O2. The largest absolute Gasteiger partial charge is 0.441 e. The maximum atomic E-state index is 13.9. The maximum absolute atomic E-state index is 13.9. The lowest BCUT2D eigenvalue weighted by Crippen LogP contribution is -2.44. The summed E-state index contributed by atoms with van der Waals surface area (Å²) in [5, 5.41) is 12.0. The zero-order valence-electron chi connectivity index (χ0n) is 17.1. The van der Waals surface area contributed by atoms with Crippen LogP contribution in [0.1, 0.15) is 30.7 Å². The van der Waals surface area contributed by atoms with Crippen molar-refractivity contribution in [3.05, 3.63) is 72.0 Å². The summed E-state index contributed by atoms with van der Waals surface area (Å²) in [6, 6.07) is 16.2. The molecule has 0 atom stereocenters. The van der Waals surface area contributed by atoms with Crippen molar-refractivity contribution in [3.8, 4) is 17.4 Å². The van der Waals surface area contributed by atoms with E-state index in [1.807, 2.05) is 24.3 Å². The van der Waals surface area contributed by atoms with E-state index >= 15 is 0 Å². The molecule has 0 aliphatic carbocycles. The van der Waals surface area contributed by atoms with Crippen LogP contribution in [0.4, 0.5) is 10.1 Å². The number of hydrogen-bond donors (Lipinski definition) is 1. The molecule has 2 heterocycles. The summed E-state index contributed by atoms with van der Waals surface area (Å²) in [7, 11) is 0. The van der Waals surface area contributed by atoms with Gasteiger partial charge in [-0.25, -0.2) is 9.37 Å². The van der Waals surface area contributed by atoms with Crippen LogP contribution >= 0.6 is 0 Å². The molecule has 3 aromatic rings. The monoisotopic (exact) mass is 418 g/mol. The number of oxazole rings is 1. The van der Waals surface area contributed by atoms with Crippen molar-refractivity contribution in [2.75, 3.05) is 18.0 Å². The van der Waals surface area contributed by atoms with Crippen molar-refractivity contribution < 1.29 is 13.6 Å². The second-order valence-corrected chi connectivity index (χ2v) is 7.59. The van der Waals surface area contributed by atoms with E-state index in [0.717, 1.165) is 31.6 Å². The fraction of sp³-hybridized carbons (Fsp3) is 0.292. The number of aromatic nitrogens is 1. The van der Waals surface area contributed by atoms with Gasteiger partial charge in [-0.2, -0.15) is 5.26 Å². The van der Waals surface area contributed by atoms with E-state index in [-0.39, 0.29) is 24.2 Å². The normalized spacial score (nSPS) is 14.3. The van der Waals surface area contributed by atoms with E-state index in [1.165, 1.54) is 12.3 Å². The van der Waals surface area contributed by atoms with Crippen molar-refractivity contribution in [1.29, 1.82) is 5.26 Å². The van der Waals surface area contributed by atoms with Gasteiger partial charge in [0.05, 0.1) is 23.4 Å². The Morgan fingerprint density at radius 1 is 1.19 bits per heavy atom. The van der Waals surface area contributed by atoms with Crippen molar-refractivity contribution in [2.24, 2.45) is 0 Å².